The van der Waals surface area contributed by atoms with Gasteiger partial charge in [-0.3, -0.25) is 4.79 Å². The Labute approximate surface area is 170 Å². The Morgan fingerprint density at radius 3 is 2.70 bits per heavy atom. The number of hydrogen-bond donors (Lipinski definition) is 1. The fraction of sp³-hybridized carbons (Fsp3) is 0.0500. The molecule has 6 nitrogen and oxygen atoms in total. The van der Waals surface area contributed by atoms with E-state index in [0.29, 0.717) is 11.4 Å². The van der Waals surface area contributed by atoms with Crippen LogP contribution in [0.4, 0.5) is 5.69 Å². The van der Waals surface area contributed by atoms with Gasteiger partial charge >= 0.3 is 0 Å². The van der Waals surface area contributed by atoms with E-state index in [4.69, 9.17) is 0 Å². The van der Waals surface area contributed by atoms with Crippen molar-refractivity contribution in [3.05, 3.63) is 82.5 Å². The second-order valence-corrected chi connectivity index (χ2v) is 7.29. The summed E-state index contributed by atoms with van der Waals surface area (Å²) in [5.41, 5.74) is 3.11. The molecule has 0 aliphatic carbocycles. The standard InChI is InChI=1S/C20H16IN5O/c1-25-13-22-24-19(25)14-5-2-7-16(11-14)23-20(27)18-9-4-10-26(18)17-8-3-6-15(21)12-17/h2-13H,1H3,(H,23,27). The summed E-state index contributed by atoms with van der Waals surface area (Å²) in [6, 6.07) is 19.3. The average molecular weight is 469 g/mol. The zero-order valence-electron chi connectivity index (χ0n) is 14.5. The molecule has 1 N–H and O–H groups in total. The molecule has 0 fully saturated rings. The molecule has 7 heteroatoms. The van der Waals surface area contributed by atoms with E-state index in [0.717, 1.165) is 20.6 Å². The molecule has 4 aromatic rings. The van der Waals surface area contributed by atoms with E-state index in [2.05, 4.69) is 38.1 Å². The molecule has 134 valence electrons. The number of rotatable bonds is 4. The van der Waals surface area contributed by atoms with Gasteiger partial charge in [-0.2, -0.15) is 0 Å². The van der Waals surface area contributed by atoms with Crippen LogP contribution in [-0.4, -0.2) is 25.2 Å². The van der Waals surface area contributed by atoms with E-state index in [1.54, 1.807) is 6.33 Å². The number of aryl methyl sites for hydroxylation is 1. The van der Waals surface area contributed by atoms with E-state index < -0.39 is 0 Å². The minimum Gasteiger partial charge on any atom is -0.321 e. The second-order valence-electron chi connectivity index (χ2n) is 6.04. The quantitative estimate of drug-likeness (QED) is 0.458. The Balaban J connectivity index is 1.61. The minimum absolute atomic E-state index is 0.172. The van der Waals surface area contributed by atoms with Gasteiger partial charge in [0.05, 0.1) is 0 Å². The highest BCUT2D eigenvalue weighted by Crippen LogP contribution is 2.21. The molecule has 2 aromatic carbocycles. The van der Waals surface area contributed by atoms with Gasteiger partial charge in [-0.25, -0.2) is 0 Å². The van der Waals surface area contributed by atoms with Crippen LogP contribution in [0.15, 0.2) is 73.2 Å². The van der Waals surface area contributed by atoms with E-state index in [-0.39, 0.29) is 5.91 Å². The highest BCUT2D eigenvalue weighted by Gasteiger charge is 2.13. The van der Waals surface area contributed by atoms with Crippen molar-refractivity contribution in [3.8, 4) is 17.1 Å². The number of carbonyl (C=O) groups excluding carboxylic acids is 1. The fourth-order valence-electron chi connectivity index (χ4n) is 2.89. The van der Waals surface area contributed by atoms with Crippen LogP contribution in [0.25, 0.3) is 17.1 Å². The van der Waals surface area contributed by atoms with Gasteiger partial charge in [0.25, 0.3) is 5.91 Å². The summed E-state index contributed by atoms with van der Waals surface area (Å²) in [4.78, 5) is 12.9. The lowest BCUT2D eigenvalue weighted by Gasteiger charge is -2.11. The molecular weight excluding hydrogens is 453 g/mol. The topological polar surface area (TPSA) is 64.7 Å². The van der Waals surface area contributed by atoms with Gasteiger partial charge in [0.1, 0.15) is 12.0 Å². The molecule has 2 aromatic heterocycles. The molecule has 0 bridgehead atoms. The van der Waals surface area contributed by atoms with Gasteiger partial charge in [0, 0.05) is 33.8 Å². The number of nitrogens with one attached hydrogen (secondary N) is 1. The number of aromatic nitrogens is 4. The first-order chi connectivity index (χ1) is 13.1. The summed E-state index contributed by atoms with van der Waals surface area (Å²) < 4.78 is 4.83. The zero-order chi connectivity index (χ0) is 18.8. The summed E-state index contributed by atoms with van der Waals surface area (Å²) in [5.74, 6) is 0.572. The Morgan fingerprint density at radius 2 is 1.93 bits per heavy atom. The monoisotopic (exact) mass is 469 g/mol. The largest absolute Gasteiger partial charge is 0.321 e. The molecule has 0 atom stereocenters. The zero-order valence-corrected chi connectivity index (χ0v) is 16.7. The number of amides is 1. The first-order valence-electron chi connectivity index (χ1n) is 8.31. The van der Waals surface area contributed by atoms with Crippen molar-refractivity contribution < 1.29 is 4.79 Å². The summed E-state index contributed by atoms with van der Waals surface area (Å²) in [7, 11) is 1.88. The van der Waals surface area contributed by atoms with Crippen molar-refractivity contribution in [2.45, 2.75) is 0 Å². The molecule has 0 spiro atoms. The van der Waals surface area contributed by atoms with Crippen LogP contribution >= 0.6 is 22.6 Å². The minimum atomic E-state index is -0.172. The van der Waals surface area contributed by atoms with E-state index in [9.17, 15) is 4.79 Å². The SMILES string of the molecule is Cn1cnnc1-c1cccc(NC(=O)c2cccn2-c2cccc(I)c2)c1. The van der Waals surface area contributed by atoms with E-state index >= 15 is 0 Å². The smallest absolute Gasteiger partial charge is 0.272 e. The van der Waals surface area contributed by atoms with Crippen molar-refractivity contribution in [1.82, 2.24) is 19.3 Å². The number of anilines is 1. The lowest BCUT2D eigenvalue weighted by Crippen LogP contribution is -2.16. The number of hydrogen-bond acceptors (Lipinski definition) is 3. The maximum Gasteiger partial charge on any atom is 0.272 e. The highest BCUT2D eigenvalue weighted by atomic mass is 127. The fourth-order valence-corrected chi connectivity index (χ4v) is 3.42. The molecule has 0 unspecified atom stereocenters. The number of nitrogens with zero attached hydrogens (tertiary/aromatic N) is 4. The average Bonchev–Trinajstić information content (AvgIpc) is 3.31. The molecule has 4 rings (SSSR count). The first-order valence-corrected chi connectivity index (χ1v) is 9.39. The Kier molecular flexibility index (Phi) is 4.76. The lowest BCUT2D eigenvalue weighted by atomic mass is 10.2. The molecule has 0 aliphatic rings. The van der Waals surface area contributed by atoms with E-state index in [1.165, 1.54) is 0 Å². The summed E-state index contributed by atoms with van der Waals surface area (Å²) >= 11 is 2.26. The second kappa shape index (κ2) is 7.36. The van der Waals surface area contributed by atoms with Gasteiger partial charge in [-0.15, -0.1) is 10.2 Å². The normalized spacial score (nSPS) is 10.7. The van der Waals surface area contributed by atoms with Crippen LogP contribution in [0.3, 0.4) is 0 Å². The molecule has 0 saturated carbocycles. The van der Waals surface area contributed by atoms with Crippen molar-refractivity contribution >= 4 is 34.2 Å². The van der Waals surface area contributed by atoms with Crippen molar-refractivity contribution in [2.24, 2.45) is 7.05 Å². The summed E-state index contributed by atoms with van der Waals surface area (Å²) in [5, 5.41) is 11.0. The molecule has 0 radical (unpaired) electrons. The van der Waals surface area contributed by atoms with Crippen molar-refractivity contribution in [3.63, 3.8) is 0 Å². The number of benzene rings is 2. The predicted octanol–water partition coefficient (Wildman–Crippen LogP) is 4.13. The van der Waals surface area contributed by atoms with Gasteiger partial charge in [0.2, 0.25) is 0 Å². The molecule has 2 heterocycles. The van der Waals surface area contributed by atoms with Crippen LogP contribution in [0, 0.1) is 3.57 Å². The lowest BCUT2D eigenvalue weighted by molar-refractivity contribution is 0.102. The third kappa shape index (κ3) is 3.63. The molecular formula is C20H16IN5O. The summed E-state index contributed by atoms with van der Waals surface area (Å²) in [6.07, 6.45) is 3.53. The third-order valence-electron chi connectivity index (χ3n) is 4.16. The van der Waals surface area contributed by atoms with Gasteiger partial charge in [0.15, 0.2) is 5.82 Å². The van der Waals surface area contributed by atoms with Crippen molar-refractivity contribution in [1.29, 1.82) is 0 Å². The molecule has 0 saturated heterocycles. The Morgan fingerprint density at radius 1 is 1.07 bits per heavy atom. The Bertz CT molecular complexity index is 1110. The van der Waals surface area contributed by atoms with E-state index in [1.807, 2.05) is 83.0 Å². The van der Waals surface area contributed by atoms with Crippen molar-refractivity contribution in [2.75, 3.05) is 5.32 Å². The van der Waals surface area contributed by atoms with Gasteiger partial charge in [-0.1, -0.05) is 18.2 Å². The molecule has 1 amide bonds. The predicted molar refractivity (Wildman–Crippen MR) is 113 cm³/mol. The van der Waals surface area contributed by atoms with Crippen LogP contribution < -0.4 is 5.32 Å². The molecule has 27 heavy (non-hydrogen) atoms. The third-order valence-corrected chi connectivity index (χ3v) is 4.83. The molecule has 0 aliphatic heterocycles. The van der Waals surface area contributed by atoms with Crippen LogP contribution in [0.2, 0.25) is 0 Å². The van der Waals surface area contributed by atoms with Crippen LogP contribution in [0.1, 0.15) is 10.5 Å². The van der Waals surface area contributed by atoms with Crippen LogP contribution in [-0.2, 0) is 7.05 Å². The maximum atomic E-state index is 12.9. The number of carbonyl (C=O) groups is 1. The maximum absolute atomic E-state index is 12.9. The Hall–Kier alpha value is -2.94. The van der Waals surface area contributed by atoms with Gasteiger partial charge in [-0.05, 0) is 65.1 Å². The highest BCUT2D eigenvalue weighted by molar-refractivity contribution is 14.1. The first kappa shape index (κ1) is 17.5. The summed E-state index contributed by atoms with van der Waals surface area (Å²) in [6.45, 7) is 0. The van der Waals surface area contributed by atoms with Gasteiger partial charge < -0.3 is 14.5 Å². The van der Waals surface area contributed by atoms with Crippen LogP contribution in [0.5, 0.6) is 0 Å². The number of halogens is 1.